The SMILES string of the molecule is CCO.ClC(Cl)Cl.ClC(Cl)Cl. The van der Waals surface area contributed by atoms with Gasteiger partial charge in [-0.2, -0.15) is 0 Å². The third-order valence-corrected chi connectivity index (χ3v) is 0. The van der Waals surface area contributed by atoms with E-state index in [1.165, 1.54) is 0 Å². The Morgan fingerprint density at radius 3 is 0.909 bits per heavy atom. The van der Waals surface area contributed by atoms with Gasteiger partial charge in [-0.1, -0.05) is 69.6 Å². The van der Waals surface area contributed by atoms with Gasteiger partial charge in [0, 0.05) is 6.61 Å². The van der Waals surface area contributed by atoms with Crippen LogP contribution in [0.4, 0.5) is 0 Å². The highest BCUT2D eigenvalue weighted by atomic mass is 35.6. The van der Waals surface area contributed by atoms with Crippen molar-refractivity contribution >= 4 is 69.6 Å². The summed E-state index contributed by atoms with van der Waals surface area (Å²) in [5.74, 6) is 0. The molecule has 0 fully saturated rings. The molecule has 72 valence electrons. The summed E-state index contributed by atoms with van der Waals surface area (Å²) in [5.41, 5.74) is 0. The fourth-order valence-corrected chi connectivity index (χ4v) is 0. The Labute approximate surface area is 96.5 Å². The first kappa shape index (κ1) is 18.5. The number of alkyl halides is 6. The summed E-state index contributed by atoms with van der Waals surface area (Å²) in [6, 6.07) is 0. The largest absolute Gasteiger partial charge is 0.397 e. The molecule has 1 nitrogen and oxygen atoms in total. The third kappa shape index (κ3) is 381. The van der Waals surface area contributed by atoms with E-state index in [9.17, 15) is 0 Å². The van der Waals surface area contributed by atoms with Crippen molar-refractivity contribution in [2.75, 3.05) is 6.61 Å². The van der Waals surface area contributed by atoms with E-state index in [1.807, 2.05) is 0 Å². The summed E-state index contributed by atoms with van der Waals surface area (Å²) in [6.45, 7) is 1.93. The topological polar surface area (TPSA) is 20.2 Å². The zero-order chi connectivity index (χ0) is 9.86. The van der Waals surface area contributed by atoms with E-state index < -0.39 is 8.59 Å². The molecule has 0 heterocycles. The maximum Gasteiger partial charge on any atom is 0.180 e. The molecule has 0 aliphatic carbocycles. The van der Waals surface area contributed by atoms with Crippen molar-refractivity contribution in [1.82, 2.24) is 0 Å². The first-order chi connectivity index (χ1) is 4.88. The van der Waals surface area contributed by atoms with Crippen molar-refractivity contribution in [3.8, 4) is 0 Å². The van der Waals surface area contributed by atoms with Gasteiger partial charge in [0.2, 0.25) is 0 Å². The number of hydrogen-bond acceptors (Lipinski definition) is 1. The Morgan fingerprint density at radius 1 is 0.909 bits per heavy atom. The van der Waals surface area contributed by atoms with E-state index in [0.29, 0.717) is 0 Å². The van der Waals surface area contributed by atoms with Gasteiger partial charge in [0.1, 0.15) is 0 Å². The van der Waals surface area contributed by atoms with Gasteiger partial charge in [0.15, 0.2) is 8.59 Å². The number of aliphatic hydroxyl groups excluding tert-OH is 1. The minimum absolute atomic E-state index is 0.250. The molecular weight excluding hydrogens is 277 g/mol. The Hall–Kier alpha value is 1.70. The van der Waals surface area contributed by atoms with E-state index >= 15 is 0 Å². The highest BCUT2D eigenvalue weighted by Crippen LogP contribution is 2.04. The Kier molecular flexibility index (Phi) is 29.7. The summed E-state index contributed by atoms with van der Waals surface area (Å²) in [7, 11) is 0. The smallest absolute Gasteiger partial charge is 0.180 e. The maximum atomic E-state index is 7.57. The Bertz CT molecular complexity index is 38.3. The number of halogens is 6. The van der Waals surface area contributed by atoms with Crippen molar-refractivity contribution in [2.24, 2.45) is 0 Å². The molecule has 0 amide bonds. The zero-order valence-corrected chi connectivity index (χ0v) is 10.1. The molecule has 0 aromatic heterocycles. The molecule has 0 unspecified atom stereocenters. The summed E-state index contributed by atoms with van der Waals surface area (Å²) >= 11 is 28.8. The molecule has 7 heteroatoms. The van der Waals surface area contributed by atoms with Crippen LogP contribution in [0.2, 0.25) is 0 Å². The van der Waals surface area contributed by atoms with Crippen LogP contribution in [0, 0.1) is 0 Å². The van der Waals surface area contributed by atoms with Gasteiger partial charge in [-0.25, -0.2) is 0 Å². The van der Waals surface area contributed by atoms with Crippen molar-refractivity contribution in [1.29, 1.82) is 0 Å². The van der Waals surface area contributed by atoms with Crippen molar-refractivity contribution < 1.29 is 5.11 Å². The van der Waals surface area contributed by atoms with Gasteiger partial charge in [-0.15, -0.1) is 0 Å². The average Bonchev–Trinajstić information content (AvgIpc) is 1.60. The lowest BCUT2D eigenvalue weighted by Crippen LogP contribution is -1.57. The Balaban J connectivity index is -0.0000000886. The molecular formula is C4H8Cl6O. The van der Waals surface area contributed by atoms with Crippen molar-refractivity contribution in [2.45, 2.75) is 15.5 Å². The minimum Gasteiger partial charge on any atom is -0.397 e. The molecule has 0 spiro atoms. The molecule has 0 saturated carbocycles. The van der Waals surface area contributed by atoms with Crippen LogP contribution in [0.5, 0.6) is 0 Å². The van der Waals surface area contributed by atoms with E-state index in [2.05, 4.69) is 0 Å². The normalized spacial score (nSPS) is 8.18. The van der Waals surface area contributed by atoms with Crippen molar-refractivity contribution in [3.05, 3.63) is 0 Å². The fourth-order valence-electron chi connectivity index (χ4n) is 0. The fraction of sp³-hybridized carbons (Fsp3) is 1.00. The highest BCUT2D eigenvalue weighted by molar-refractivity contribution is 6.63. The van der Waals surface area contributed by atoms with Gasteiger partial charge >= 0.3 is 0 Å². The maximum absolute atomic E-state index is 7.57. The summed E-state index contributed by atoms with van der Waals surface area (Å²) < 4.78 is -1.50. The predicted molar refractivity (Wildman–Crippen MR) is 55.5 cm³/mol. The van der Waals surface area contributed by atoms with Crippen LogP contribution in [-0.4, -0.2) is 20.3 Å². The molecule has 1 N–H and O–H groups in total. The van der Waals surface area contributed by atoms with E-state index in [1.54, 1.807) is 6.92 Å². The number of hydrogen-bond donors (Lipinski definition) is 1. The van der Waals surface area contributed by atoms with Crippen LogP contribution < -0.4 is 0 Å². The summed E-state index contributed by atoms with van der Waals surface area (Å²) in [4.78, 5) is 0. The van der Waals surface area contributed by atoms with E-state index in [0.717, 1.165) is 0 Å². The van der Waals surface area contributed by atoms with Gasteiger partial charge in [-0.05, 0) is 6.92 Å². The average molecular weight is 285 g/mol. The van der Waals surface area contributed by atoms with Crippen LogP contribution in [0.15, 0.2) is 0 Å². The molecule has 0 rings (SSSR count). The molecule has 0 aromatic rings. The molecule has 0 radical (unpaired) electrons. The molecule has 0 atom stereocenters. The highest BCUT2D eigenvalue weighted by Gasteiger charge is 1.79. The molecule has 0 aliphatic rings. The molecule has 0 saturated heterocycles. The predicted octanol–water partition coefficient (Wildman–Crippen LogP) is 3.97. The van der Waals surface area contributed by atoms with E-state index in [-0.39, 0.29) is 6.61 Å². The standard InChI is InChI=1S/C2H6O.2CHCl3/c1-2-3;2*2-1(3)4/h3H,2H2,1H3;2*1H. The molecule has 0 bridgehead atoms. The second kappa shape index (κ2) is 17.7. The van der Waals surface area contributed by atoms with Crippen LogP contribution in [0.25, 0.3) is 0 Å². The van der Waals surface area contributed by atoms with Gasteiger partial charge < -0.3 is 5.11 Å². The third-order valence-electron chi connectivity index (χ3n) is 0. The van der Waals surface area contributed by atoms with Gasteiger partial charge in [0.05, 0.1) is 0 Å². The van der Waals surface area contributed by atoms with Crippen LogP contribution in [0.1, 0.15) is 6.92 Å². The van der Waals surface area contributed by atoms with Gasteiger partial charge in [0.25, 0.3) is 0 Å². The van der Waals surface area contributed by atoms with Crippen LogP contribution in [0.3, 0.4) is 0 Å². The second-order valence-corrected chi connectivity index (χ2v) is 4.77. The molecule has 0 aliphatic heterocycles. The van der Waals surface area contributed by atoms with Gasteiger partial charge in [-0.3, -0.25) is 0 Å². The Morgan fingerprint density at radius 2 is 0.909 bits per heavy atom. The first-order valence-electron chi connectivity index (χ1n) is 2.33. The number of aliphatic hydroxyl groups is 1. The van der Waals surface area contributed by atoms with E-state index in [4.69, 9.17) is 74.7 Å². The lowest BCUT2D eigenvalue weighted by atomic mass is 10.9. The summed E-state index contributed by atoms with van der Waals surface area (Å²) in [6.07, 6.45) is 0. The first-order valence-corrected chi connectivity index (χ1v) is 4.95. The zero-order valence-electron chi connectivity index (χ0n) is 5.58. The quantitative estimate of drug-likeness (QED) is 0.667. The minimum atomic E-state index is -0.750. The van der Waals surface area contributed by atoms with Crippen molar-refractivity contribution in [3.63, 3.8) is 0 Å². The lowest BCUT2D eigenvalue weighted by Gasteiger charge is -1.69. The molecule has 11 heavy (non-hydrogen) atoms. The summed E-state index contributed by atoms with van der Waals surface area (Å²) in [5, 5.41) is 7.57. The number of rotatable bonds is 0. The lowest BCUT2D eigenvalue weighted by molar-refractivity contribution is 0.318. The second-order valence-electron chi connectivity index (χ2n) is 0.811. The van der Waals surface area contributed by atoms with Crippen LogP contribution >= 0.6 is 69.6 Å². The monoisotopic (exact) mass is 282 g/mol. The van der Waals surface area contributed by atoms with Crippen LogP contribution in [-0.2, 0) is 0 Å². The molecule has 0 aromatic carbocycles.